The highest BCUT2D eigenvalue weighted by Gasteiger charge is 2.34. The monoisotopic (exact) mass is 201 g/mol. The van der Waals surface area contributed by atoms with Crippen molar-refractivity contribution >= 4 is 0 Å². The number of nitrogens with zero attached hydrogens (tertiary/aromatic N) is 2. The lowest BCUT2D eigenvalue weighted by molar-refractivity contribution is -0.121. The van der Waals surface area contributed by atoms with E-state index in [2.05, 4.69) is 10.2 Å². The minimum Gasteiger partial charge on any atom is -0.395 e. The van der Waals surface area contributed by atoms with Gasteiger partial charge in [0.2, 0.25) is 0 Å². The third kappa shape index (κ3) is 2.07. The van der Waals surface area contributed by atoms with Crippen molar-refractivity contribution in [2.24, 2.45) is 0 Å². The molecular weight excluding hydrogens is 184 g/mol. The highest BCUT2D eigenvalue weighted by Crippen LogP contribution is 2.16. The van der Waals surface area contributed by atoms with Crippen LogP contribution in [0.15, 0.2) is 0 Å². The van der Waals surface area contributed by atoms with Crippen LogP contribution in [0.2, 0.25) is 0 Å². The molecule has 0 saturated carbocycles. The maximum Gasteiger partial charge on any atom is 0.0848 e. The summed E-state index contributed by atoms with van der Waals surface area (Å²) in [5, 5.41) is 22.5. The molecule has 5 nitrogen and oxygen atoms in total. The van der Waals surface area contributed by atoms with Gasteiger partial charge in [-0.15, -0.1) is 0 Å². The summed E-state index contributed by atoms with van der Waals surface area (Å²) in [6, 6.07) is -0.137. The van der Waals surface area contributed by atoms with E-state index in [1.54, 1.807) is 0 Å². The first-order chi connectivity index (χ1) is 6.83. The molecule has 81 valence electrons. The Kier molecular flexibility index (Phi) is 3.35. The van der Waals surface area contributed by atoms with Gasteiger partial charge in [0, 0.05) is 26.2 Å². The summed E-state index contributed by atoms with van der Waals surface area (Å²) < 4.78 is 5.69. The predicted octanol–water partition coefficient (Wildman–Crippen LogP) is -1.97. The van der Waals surface area contributed by atoms with Crippen LogP contribution in [-0.4, -0.2) is 72.8 Å². The first kappa shape index (κ1) is 10.3. The lowest BCUT2D eigenvalue weighted by Crippen LogP contribution is -2.59. The Morgan fingerprint density at radius 2 is 1.79 bits per heavy atom. The molecule has 2 unspecified atom stereocenters. The summed E-state index contributed by atoms with van der Waals surface area (Å²) in [7, 11) is 0. The number of aliphatic hydroxyl groups is 2. The standard InChI is InChI=1S/C9H17N2O3/c12-5-7(6-13)11-3-8-1-10-2-9(4-11)14-8/h7-9,12-13H,1-6H2. The maximum atomic E-state index is 9.08. The van der Waals surface area contributed by atoms with Gasteiger partial charge >= 0.3 is 0 Å². The van der Waals surface area contributed by atoms with Crippen molar-refractivity contribution in [3.63, 3.8) is 0 Å². The van der Waals surface area contributed by atoms with E-state index in [0.717, 1.165) is 26.2 Å². The number of fused-ring (bicyclic) bond motifs is 2. The lowest BCUT2D eigenvalue weighted by Gasteiger charge is -2.43. The minimum absolute atomic E-state index is 0.00703. The Bertz CT molecular complexity index is 175. The van der Waals surface area contributed by atoms with Crippen molar-refractivity contribution in [3.05, 3.63) is 0 Å². The van der Waals surface area contributed by atoms with Crippen LogP contribution in [0.1, 0.15) is 0 Å². The molecule has 2 saturated heterocycles. The molecule has 0 aromatic rings. The van der Waals surface area contributed by atoms with E-state index in [0.29, 0.717) is 0 Å². The van der Waals surface area contributed by atoms with E-state index in [1.165, 1.54) is 0 Å². The first-order valence-corrected chi connectivity index (χ1v) is 5.08. The van der Waals surface area contributed by atoms with E-state index in [-0.39, 0.29) is 31.5 Å². The van der Waals surface area contributed by atoms with Gasteiger partial charge in [-0.1, -0.05) is 0 Å². The van der Waals surface area contributed by atoms with Gasteiger partial charge < -0.3 is 14.9 Å². The lowest BCUT2D eigenvalue weighted by atomic mass is 10.1. The zero-order valence-corrected chi connectivity index (χ0v) is 8.17. The zero-order valence-electron chi connectivity index (χ0n) is 8.17. The number of ether oxygens (including phenoxy) is 1. The summed E-state index contributed by atoms with van der Waals surface area (Å²) in [4.78, 5) is 2.10. The van der Waals surface area contributed by atoms with Crippen LogP contribution in [0.3, 0.4) is 0 Å². The van der Waals surface area contributed by atoms with Gasteiger partial charge in [0.15, 0.2) is 0 Å². The molecule has 2 atom stereocenters. The quantitative estimate of drug-likeness (QED) is 0.556. The Balaban J connectivity index is 1.94. The molecule has 1 radical (unpaired) electrons. The second kappa shape index (κ2) is 4.55. The number of rotatable bonds is 3. The van der Waals surface area contributed by atoms with Crippen LogP contribution >= 0.6 is 0 Å². The molecule has 2 heterocycles. The SMILES string of the molecule is OCC(CO)N1CC2C[N]CC(C1)O2. The largest absolute Gasteiger partial charge is 0.395 e. The van der Waals surface area contributed by atoms with Gasteiger partial charge in [-0.25, -0.2) is 5.32 Å². The van der Waals surface area contributed by atoms with Crippen LogP contribution in [0, 0.1) is 0 Å². The van der Waals surface area contributed by atoms with Crippen molar-refractivity contribution < 1.29 is 14.9 Å². The molecule has 2 fully saturated rings. The van der Waals surface area contributed by atoms with Gasteiger partial charge in [-0.2, -0.15) is 0 Å². The fourth-order valence-electron chi connectivity index (χ4n) is 2.11. The average molecular weight is 201 g/mol. The summed E-state index contributed by atoms with van der Waals surface area (Å²) in [5.41, 5.74) is 0. The van der Waals surface area contributed by atoms with Crippen LogP contribution in [0.4, 0.5) is 0 Å². The second-order valence-corrected chi connectivity index (χ2v) is 3.94. The minimum atomic E-state index is -0.137. The van der Waals surface area contributed by atoms with Gasteiger partial charge in [-0.05, 0) is 0 Å². The molecule has 2 aliphatic rings. The topological polar surface area (TPSA) is 67.0 Å². The van der Waals surface area contributed by atoms with Gasteiger partial charge in [0.05, 0.1) is 31.5 Å². The molecule has 0 aromatic carbocycles. The van der Waals surface area contributed by atoms with E-state index in [1.807, 2.05) is 0 Å². The van der Waals surface area contributed by atoms with Crippen molar-refractivity contribution in [1.29, 1.82) is 0 Å². The van der Waals surface area contributed by atoms with Crippen LogP contribution in [0.25, 0.3) is 0 Å². The summed E-state index contributed by atoms with van der Waals surface area (Å²) in [5.74, 6) is 0. The smallest absolute Gasteiger partial charge is 0.0848 e. The molecule has 2 N–H and O–H groups in total. The average Bonchev–Trinajstić information content (AvgIpc) is 2.19. The number of aliphatic hydroxyl groups excluding tert-OH is 2. The molecule has 5 heteroatoms. The molecule has 14 heavy (non-hydrogen) atoms. The van der Waals surface area contributed by atoms with E-state index in [9.17, 15) is 0 Å². The Labute approximate surface area is 83.7 Å². The molecule has 2 bridgehead atoms. The molecule has 0 spiro atoms. The number of morpholine rings is 2. The zero-order chi connectivity index (χ0) is 9.97. The van der Waals surface area contributed by atoms with Crippen LogP contribution < -0.4 is 5.32 Å². The third-order valence-electron chi connectivity index (χ3n) is 2.86. The predicted molar refractivity (Wildman–Crippen MR) is 50.1 cm³/mol. The van der Waals surface area contributed by atoms with Crippen molar-refractivity contribution in [2.75, 3.05) is 39.4 Å². The van der Waals surface area contributed by atoms with E-state index in [4.69, 9.17) is 14.9 Å². The summed E-state index contributed by atoms with van der Waals surface area (Å²) >= 11 is 0. The Morgan fingerprint density at radius 3 is 2.29 bits per heavy atom. The summed E-state index contributed by atoms with van der Waals surface area (Å²) in [6.45, 7) is 3.05. The molecule has 2 aliphatic heterocycles. The maximum absolute atomic E-state index is 9.08. The fraction of sp³-hybridized carbons (Fsp3) is 1.00. The Hall–Kier alpha value is -0.200. The molecule has 0 amide bonds. The number of hydrogen-bond donors (Lipinski definition) is 2. The Morgan fingerprint density at radius 1 is 1.21 bits per heavy atom. The number of hydrogen-bond acceptors (Lipinski definition) is 4. The van der Waals surface area contributed by atoms with Crippen molar-refractivity contribution in [2.45, 2.75) is 18.2 Å². The highest BCUT2D eigenvalue weighted by atomic mass is 16.5. The van der Waals surface area contributed by atoms with Crippen molar-refractivity contribution in [1.82, 2.24) is 10.2 Å². The van der Waals surface area contributed by atoms with Crippen LogP contribution in [-0.2, 0) is 4.74 Å². The van der Waals surface area contributed by atoms with E-state index >= 15 is 0 Å². The first-order valence-electron chi connectivity index (χ1n) is 5.08. The molecule has 0 aromatic heterocycles. The second-order valence-electron chi connectivity index (χ2n) is 3.94. The van der Waals surface area contributed by atoms with Gasteiger partial charge in [0.25, 0.3) is 0 Å². The normalized spacial score (nSPS) is 33.6. The highest BCUT2D eigenvalue weighted by molar-refractivity contribution is 4.87. The van der Waals surface area contributed by atoms with Gasteiger partial charge in [-0.3, -0.25) is 4.90 Å². The van der Waals surface area contributed by atoms with Crippen LogP contribution in [0.5, 0.6) is 0 Å². The fourth-order valence-corrected chi connectivity index (χ4v) is 2.11. The van der Waals surface area contributed by atoms with Crippen molar-refractivity contribution in [3.8, 4) is 0 Å². The summed E-state index contributed by atoms with van der Waals surface area (Å²) in [6.07, 6.45) is 0.311. The third-order valence-corrected chi connectivity index (χ3v) is 2.86. The molecular formula is C9H17N2O3. The van der Waals surface area contributed by atoms with E-state index < -0.39 is 0 Å². The molecule has 2 rings (SSSR count). The molecule has 0 aliphatic carbocycles. The van der Waals surface area contributed by atoms with Gasteiger partial charge in [0.1, 0.15) is 0 Å².